The summed E-state index contributed by atoms with van der Waals surface area (Å²) in [6.07, 6.45) is 6.56. The van der Waals surface area contributed by atoms with Crippen LogP contribution >= 0.6 is 0 Å². The molecular weight excluding hydrogens is 318 g/mol. The molecule has 1 N–H and O–H groups in total. The number of fused-ring (bicyclic) bond motifs is 5. The minimum atomic E-state index is -0.168. The quantitative estimate of drug-likeness (QED) is 0.926. The number of hydrogen-bond donors (Lipinski definition) is 1. The Morgan fingerprint density at radius 1 is 1.20 bits per heavy atom. The monoisotopic (exact) mass is 337 g/mol. The van der Waals surface area contributed by atoms with E-state index in [0.717, 1.165) is 5.56 Å². The molecule has 0 spiro atoms. The van der Waals surface area contributed by atoms with Crippen molar-refractivity contribution < 1.29 is 14.3 Å². The molecular formula is C19H19N3O3. The minimum Gasteiger partial charge on any atom is -0.481 e. The normalized spacial score (nSPS) is 34.4. The molecule has 3 aliphatic rings. The zero-order valence-electron chi connectivity index (χ0n) is 13.8. The molecule has 6 nitrogen and oxygen atoms in total. The van der Waals surface area contributed by atoms with E-state index >= 15 is 0 Å². The Labute approximate surface area is 145 Å². The van der Waals surface area contributed by atoms with Crippen molar-refractivity contribution in [2.45, 2.75) is 24.5 Å². The lowest BCUT2D eigenvalue weighted by Gasteiger charge is -2.27. The van der Waals surface area contributed by atoms with Gasteiger partial charge >= 0.3 is 0 Å². The van der Waals surface area contributed by atoms with E-state index in [1.165, 1.54) is 6.42 Å². The lowest BCUT2D eigenvalue weighted by molar-refractivity contribution is -0.122. The molecule has 2 saturated heterocycles. The first-order chi connectivity index (χ1) is 12.3. The van der Waals surface area contributed by atoms with E-state index < -0.39 is 0 Å². The van der Waals surface area contributed by atoms with Gasteiger partial charge in [-0.05, 0) is 42.0 Å². The predicted octanol–water partition coefficient (Wildman–Crippen LogP) is 2.24. The van der Waals surface area contributed by atoms with Gasteiger partial charge in [-0.3, -0.25) is 9.78 Å². The molecule has 6 heteroatoms. The number of anilines is 1. The summed E-state index contributed by atoms with van der Waals surface area (Å²) in [5.74, 6) is 1.63. The average molecular weight is 337 g/mol. The Morgan fingerprint density at radius 3 is 2.72 bits per heavy atom. The molecule has 4 heterocycles. The maximum absolute atomic E-state index is 13.0. The van der Waals surface area contributed by atoms with Gasteiger partial charge in [-0.2, -0.15) is 0 Å². The van der Waals surface area contributed by atoms with Crippen LogP contribution in [0.25, 0.3) is 0 Å². The molecule has 1 saturated carbocycles. The highest BCUT2D eigenvalue weighted by Crippen LogP contribution is 2.65. The molecule has 2 bridgehead atoms. The number of amides is 1. The van der Waals surface area contributed by atoms with Gasteiger partial charge < -0.3 is 14.8 Å². The van der Waals surface area contributed by atoms with Crippen molar-refractivity contribution in [1.29, 1.82) is 0 Å². The van der Waals surface area contributed by atoms with Crippen LogP contribution in [0, 0.1) is 17.8 Å². The molecule has 2 aromatic heterocycles. The van der Waals surface area contributed by atoms with Crippen molar-refractivity contribution in [3.8, 4) is 5.88 Å². The van der Waals surface area contributed by atoms with Gasteiger partial charge in [0.2, 0.25) is 11.8 Å². The number of methoxy groups -OCH3 is 1. The van der Waals surface area contributed by atoms with Crippen LogP contribution in [0.3, 0.4) is 0 Å². The number of nitrogens with zero attached hydrogens (tertiary/aromatic N) is 2. The number of pyridine rings is 2. The first-order valence-electron chi connectivity index (χ1n) is 8.62. The molecule has 0 unspecified atom stereocenters. The Balaban J connectivity index is 1.41. The van der Waals surface area contributed by atoms with Crippen LogP contribution in [0.4, 0.5) is 5.69 Å². The van der Waals surface area contributed by atoms with Crippen LogP contribution in [0.2, 0.25) is 0 Å². The Morgan fingerprint density at radius 2 is 2.00 bits per heavy atom. The number of hydrogen-bond acceptors (Lipinski definition) is 5. The van der Waals surface area contributed by atoms with Gasteiger partial charge in [-0.15, -0.1) is 0 Å². The second-order valence-corrected chi connectivity index (χ2v) is 7.04. The summed E-state index contributed by atoms with van der Waals surface area (Å²) < 4.78 is 11.3. The third kappa shape index (κ3) is 2.32. The van der Waals surface area contributed by atoms with Gasteiger partial charge in [0.15, 0.2) is 0 Å². The summed E-state index contributed by atoms with van der Waals surface area (Å²) >= 11 is 0. The fourth-order valence-electron chi connectivity index (χ4n) is 4.58. The van der Waals surface area contributed by atoms with Crippen LogP contribution in [0.5, 0.6) is 5.88 Å². The molecule has 128 valence electrons. The van der Waals surface area contributed by atoms with Crippen molar-refractivity contribution in [1.82, 2.24) is 9.97 Å². The predicted molar refractivity (Wildman–Crippen MR) is 90.1 cm³/mol. The molecule has 6 atom stereocenters. The lowest BCUT2D eigenvalue weighted by atomic mass is 9.75. The zero-order valence-corrected chi connectivity index (χ0v) is 13.8. The lowest BCUT2D eigenvalue weighted by Crippen LogP contribution is -2.37. The Hall–Kier alpha value is -2.47. The van der Waals surface area contributed by atoms with Crippen LogP contribution < -0.4 is 10.1 Å². The second-order valence-electron chi connectivity index (χ2n) is 7.04. The van der Waals surface area contributed by atoms with E-state index in [1.54, 1.807) is 37.8 Å². The Bertz CT molecular complexity index is 795. The van der Waals surface area contributed by atoms with Crippen molar-refractivity contribution in [3.05, 3.63) is 48.4 Å². The average Bonchev–Trinajstić information content (AvgIpc) is 3.27. The van der Waals surface area contributed by atoms with E-state index in [9.17, 15) is 4.79 Å². The number of ether oxygens (including phenoxy) is 2. The maximum Gasteiger partial charge on any atom is 0.230 e. The largest absolute Gasteiger partial charge is 0.481 e. The first-order valence-corrected chi connectivity index (χ1v) is 8.62. The summed E-state index contributed by atoms with van der Waals surface area (Å²) in [6.45, 7) is 0. The second kappa shape index (κ2) is 5.52. The van der Waals surface area contributed by atoms with E-state index in [-0.39, 0.29) is 30.0 Å². The van der Waals surface area contributed by atoms with E-state index in [2.05, 4.69) is 15.3 Å². The number of nitrogens with one attached hydrogen (secondary N) is 1. The van der Waals surface area contributed by atoms with E-state index in [1.807, 2.05) is 12.1 Å². The van der Waals surface area contributed by atoms with Crippen LogP contribution in [0.1, 0.15) is 17.9 Å². The summed E-state index contributed by atoms with van der Waals surface area (Å²) in [4.78, 5) is 21.3. The van der Waals surface area contributed by atoms with Gasteiger partial charge in [0, 0.05) is 24.4 Å². The van der Waals surface area contributed by atoms with Gasteiger partial charge in [0.25, 0.3) is 0 Å². The van der Waals surface area contributed by atoms with Gasteiger partial charge in [0.05, 0.1) is 37.1 Å². The third-order valence-corrected chi connectivity index (χ3v) is 5.75. The standard InChI is InChI=1S/C19H19N3O3/c1-24-14-3-2-11(9-21-14)22-19(23)16-15(10-4-6-20-7-5-10)17-12-8-13(12)18(16)25-17/h2-7,9,12-13,15-18H,8H2,1H3,(H,22,23)/t12-,13+,15+,16+,17-,18+/m0/s1. The van der Waals surface area contributed by atoms with Crippen molar-refractivity contribution >= 4 is 11.6 Å². The van der Waals surface area contributed by atoms with Crippen LogP contribution in [-0.2, 0) is 9.53 Å². The topological polar surface area (TPSA) is 73.3 Å². The van der Waals surface area contributed by atoms with Gasteiger partial charge in [-0.1, -0.05) is 0 Å². The smallest absolute Gasteiger partial charge is 0.230 e. The number of aromatic nitrogens is 2. The van der Waals surface area contributed by atoms with E-state index in [0.29, 0.717) is 23.4 Å². The van der Waals surface area contributed by atoms with Crippen molar-refractivity contribution in [2.24, 2.45) is 17.8 Å². The fourth-order valence-corrected chi connectivity index (χ4v) is 4.58. The molecule has 25 heavy (non-hydrogen) atoms. The fraction of sp³-hybridized carbons (Fsp3) is 0.421. The van der Waals surface area contributed by atoms with Crippen molar-refractivity contribution in [2.75, 3.05) is 12.4 Å². The zero-order chi connectivity index (χ0) is 17.0. The van der Waals surface area contributed by atoms with Crippen LogP contribution in [-0.4, -0.2) is 35.2 Å². The summed E-state index contributed by atoms with van der Waals surface area (Å²) in [6, 6.07) is 7.55. The molecule has 2 aromatic rings. The number of carbonyl (C=O) groups excluding carboxylic acids is 1. The summed E-state index contributed by atoms with van der Waals surface area (Å²) in [5.41, 5.74) is 1.82. The van der Waals surface area contributed by atoms with Crippen molar-refractivity contribution in [3.63, 3.8) is 0 Å². The highest BCUT2D eigenvalue weighted by molar-refractivity contribution is 5.94. The van der Waals surface area contributed by atoms with Gasteiger partial charge in [-0.25, -0.2) is 4.98 Å². The summed E-state index contributed by atoms with van der Waals surface area (Å²) in [7, 11) is 1.57. The molecule has 3 fully saturated rings. The highest BCUT2D eigenvalue weighted by atomic mass is 16.5. The molecule has 1 amide bonds. The minimum absolute atomic E-state index is 0.00614. The molecule has 5 rings (SSSR count). The Kier molecular flexibility index (Phi) is 3.28. The first kappa shape index (κ1) is 14.8. The van der Waals surface area contributed by atoms with E-state index in [4.69, 9.17) is 9.47 Å². The van der Waals surface area contributed by atoms with Gasteiger partial charge in [0.1, 0.15) is 0 Å². The molecule has 2 aliphatic heterocycles. The van der Waals surface area contributed by atoms with Crippen LogP contribution in [0.15, 0.2) is 42.9 Å². The molecule has 0 radical (unpaired) electrons. The molecule has 0 aromatic carbocycles. The summed E-state index contributed by atoms with van der Waals surface area (Å²) in [5, 5.41) is 3.01. The number of rotatable bonds is 4. The number of carbonyl (C=O) groups is 1. The maximum atomic E-state index is 13.0. The highest BCUT2D eigenvalue weighted by Gasteiger charge is 2.68. The molecule has 1 aliphatic carbocycles. The SMILES string of the molecule is COc1ccc(NC(=O)[C@H]2[C@@H]3O[C@@H]([C@H]4C[C@H]43)[C@@H]2c2ccncc2)cn1. The third-order valence-electron chi connectivity index (χ3n) is 5.75.